The van der Waals surface area contributed by atoms with Gasteiger partial charge in [0.15, 0.2) is 0 Å². The fourth-order valence-corrected chi connectivity index (χ4v) is 2.55. The van der Waals surface area contributed by atoms with E-state index in [1.165, 1.54) is 11.1 Å². The SMILES string of the molecule is CNC(=O)N(/C=C(/C)C=O)C1CCC(COCc2ccccc2)O1. The molecule has 0 saturated carbocycles. The standard InChI is InChI=1S/C18H24N2O4/c1-14(11-21)10-20(18(22)19-2)17-9-8-16(24-17)13-23-12-15-6-4-3-5-7-15/h3-7,10-11,16-17H,8-9,12-13H2,1-2H3,(H,19,22)/b14-10-. The highest BCUT2D eigenvalue weighted by Crippen LogP contribution is 2.24. The third-order valence-corrected chi connectivity index (χ3v) is 3.79. The van der Waals surface area contributed by atoms with Crippen molar-refractivity contribution < 1.29 is 19.1 Å². The van der Waals surface area contributed by atoms with Crippen LogP contribution in [-0.2, 0) is 20.9 Å². The number of hydrogen-bond acceptors (Lipinski definition) is 4. The molecule has 1 fully saturated rings. The first kappa shape index (κ1) is 18.2. The van der Waals surface area contributed by atoms with Crippen LogP contribution in [0.15, 0.2) is 42.1 Å². The lowest BCUT2D eigenvalue weighted by molar-refractivity contribution is -0.105. The van der Waals surface area contributed by atoms with Crippen molar-refractivity contribution in [1.82, 2.24) is 10.2 Å². The number of aldehydes is 1. The summed E-state index contributed by atoms with van der Waals surface area (Å²) in [6, 6.07) is 9.65. The largest absolute Gasteiger partial charge is 0.374 e. The average Bonchev–Trinajstić information content (AvgIpc) is 3.08. The summed E-state index contributed by atoms with van der Waals surface area (Å²) in [5.74, 6) is 0. The number of amides is 2. The molecule has 1 heterocycles. The number of carbonyl (C=O) groups excluding carboxylic acids is 2. The van der Waals surface area contributed by atoms with Gasteiger partial charge in [0.2, 0.25) is 0 Å². The van der Waals surface area contributed by atoms with Crippen LogP contribution < -0.4 is 5.32 Å². The van der Waals surface area contributed by atoms with Crippen LogP contribution in [0.4, 0.5) is 4.79 Å². The number of rotatable bonds is 7. The summed E-state index contributed by atoms with van der Waals surface area (Å²) in [4.78, 5) is 24.2. The van der Waals surface area contributed by atoms with E-state index in [4.69, 9.17) is 9.47 Å². The van der Waals surface area contributed by atoms with Gasteiger partial charge in [0.25, 0.3) is 0 Å². The van der Waals surface area contributed by atoms with Crippen LogP contribution in [0.1, 0.15) is 25.3 Å². The normalized spacial score (nSPS) is 20.7. The van der Waals surface area contributed by atoms with Crippen molar-refractivity contribution in [3.8, 4) is 0 Å². The quantitative estimate of drug-likeness (QED) is 0.615. The van der Waals surface area contributed by atoms with Crippen molar-refractivity contribution >= 4 is 12.3 Å². The van der Waals surface area contributed by atoms with Gasteiger partial charge in [0, 0.05) is 18.8 Å². The molecule has 0 aliphatic carbocycles. The number of urea groups is 1. The molecule has 1 saturated heterocycles. The first-order valence-electron chi connectivity index (χ1n) is 8.04. The minimum absolute atomic E-state index is 0.0594. The van der Waals surface area contributed by atoms with Gasteiger partial charge in [-0.15, -0.1) is 0 Å². The number of carbonyl (C=O) groups is 2. The average molecular weight is 332 g/mol. The van der Waals surface area contributed by atoms with Crippen LogP contribution in [0.5, 0.6) is 0 Å². The predicted molar refractivity (Wildman–Crippen MR) is 90.1 cm³/mol. The van der Waals surface area contributed by atoms with Crippen molar-refractivity contribution in [3.63, 3.8) is 0 Å². The van der Waals surface area contributed by atoms with Crippen LogP contribution >= 0.6 is 0 Å². The molecule has 6 nitrogen and oxygen atoms in total. The summed E-state index contributed by atoms with van der Waals surface area (Å²) >= 11 is 0. The second-order valence-electron chi connectivity index (χ2n) is 5.74. The van der Waals surface area contributed by atoms with Gasteiger partial charge < -0.3 is 14.8 Å². The Kier molecular flexibility index (Phi) is 6.96. The first-order valence-corrected chi connectivity index (χ1v) is 8.04. The van der Waals surface area contributed by atoms with Gasteiger partial charge in [-0.2, -0.15) is 0 Å². The van der Waals surface area contributed by atoms with Gasteiger partial charge in [-0.05, 0) is 25.3 Å². The number of ether oxygens (including phenoxy) is 2. The molecular formula is C18H24N2O4. The maximum atomic E-state index is 12.0. The van der Waals surface area contributed by atoms with Gasteiger partial charge in [0.1, 0.15) is 12.5 Å². The van der Waals surface area contributed by atoms with Gasteiger partial charge in [-0.3, -0.25) is 9.69 Å². The van der Waals surface area contributed by atoms with Gasteiger partial charge in [0.05, 0.1) is 19.3 Å². The van der Waals surface area contributed by atoms with Crippen molar-refractivity contribution in [1.29, 1.82) is 0 Å². The molecule has 0 aromatic heterocycles. The third-order valence-electron chi connectivity index (χ3n) is 3.79. The second kappa shape index (κ2) is 9.20. The molecule has 1 N–H and O–H groups in total. The van der Waals surface area contributed by atoms with Crippen molar-refractivity contribution in [2.24, 2.45) is 0 Å². The van der Waals surface area contributed by atoms with E-state index in [2.05, 4.69) is 5.32 Å². The Morgan fingerprint density at radius 3 is 2.79 bits per heavy atom. The molecule has 1 aliphatic rings. The Hall–Kier alpha value is -2.18. The molecule has 0 radical (unpaired) electrons. The van der Waals surface area contributed by atoms with Crippen molar-refractivity contribution in [2.45, 2.75) is 38.7 Å². The number of nitrogens with zero attached hydrogens (tertiary/aromatic N) is 1. The summed E-state index contributed by atoms with van der Waals surface area (Å²) in [5.41, 5.74) is 1.58. The highest BCUT2D eigenvalue weighted by atomic mass is 16.6. The molecule has 1 aromatic carbocycles. The molecular weight excluding hydrogens is 308 g/mol. The van der Waals surface area contributed by atoms with Gasteiger partial charge in [-0.1, -0.05) is 30.3 Å². The van der Waals surface area contributed by atoms with E-state index < -0.39 is 0 Å². The lowest BCUT2D eigenvalue weighted by Crippen LogP contribution is -2.42. The molecule has 24 heavy (non-hydrogen) atoms. The van der Waals surface area contributed by atoms with Crippen LogP contribution in [0, 0.1) is 0 Å². The Morgan fingerprint density at radius 2 is 2.12 bits per heavy atom. The number of nitrogens with one attached hydrogen (secondary N) is 1. The molecule has 0 bridgehead atoms. The summed E-state index contributed by atoms with van der Waals surface area (Å²) in [7, 11) is 1.55. The van der Waals surface area contributed by atoms with Gasteiger partial charge in [-0.25, -0.2) is 4.79 Å². The van der Waals surface area contributed by atoms with Crippen molar-refractivity contribution in [3.05, 3.63) is 47.7 Å². The molecule has 2 amide bonds. The number of hydrogen-bond donors (Lipinski definition) is 1. The van der Waals surface area contributed by atoms with Crippen LogP contribution in [-0.4, -0.2) is 43.2 Å². The van der Waals surface area contributed by atoms with E-state index in [9.17, 15) is 9.59 Å². The van der Waals surface area contributed by atoms with E-state index in [0.29, 0.717) is 31.5 Å². The zero-order valence-corrected chi connectivity index (χ0v) is 14.1. The topological polar surface area (TPSA) is 67.9 Å². The monoisotopic (exact) mass is 332 g/mol. The van der Waals surface area contributed by atoms with Crippen LogP contribution in [0.3, 0.4) is 0 Å². The van der Waals surface area contributed by atoms with Gasteiger partial charge >= 0.3 is 6.03 Å². The van der Waals surface area contributed by atoms with Crippen LogP contribution in [0.2, 0.25) is 0 Å². The lowest BCUT2D eigenvalue weighted by atomic mass is 10.2. The highest BCUT2D eigenvalue weighted by Gasteiger charge is 2.31. The van der Waals surface area contributed by atoms with Crippen LogP contribution in [0.25, 0.3) is 0 Å². The van der Waals surface area contributed by atoms with E-state index in [0.717, 1.165) is 12.0 Å². The third kappa shape index (κ3) is 5.18. The summed E-state index contributed by atoms with van der Waals surface area (Å²) < 4.78 is 11.6. The van der Waals surface area contributed by atoms with E-state index >= 15 is 0 Å². The first-order chi connectivity index (χ1) is 11.6. The maximum absolute atomic E-state index is 12.0. The molecule has 2 rings (SSSR count). The molecule has 1 aromatic rings. The van der Waals surface area contributed by atoms with Crippen molar-refractivity contribution in [2.75, 3.05) is 13.7 Å². The minimum Gasteiger partial charge on any atom is -0.374 e. The lowest BCUT2D eigenvalue weighted by Gasteiger charge is -2.25. The zero-order valence-electron chi connectivity index (χ0n) is 14.1. The molecule has 130 valence electrons. The number of benzene rings is 1. The van der Waals surface area contributed by atoms with E-state index in [-0.39, 0.29) is 18.4 Å². The Morgan fingerprint density at radius 1 is 1.38 bits per heavy atom. The molecule has 2 atom stereocenters. The Bertz CT molecular complexity index is 574. The summed E-state index contributed by atoms with van der Waals surface area (Å²) in [5, 5.41) is 2.57. The summed E-state index contributed by atoms with van der Waals surface area (Å²) in [6.45, 7) is 2.66. The number of allylic oxidation sites excluding steroid dienone is 1. The minimum atomic E-state index is -0.384. The molecule has 2 unspecified atom stereocenters. The smallest absolute Gasteiger partial charge is 0.323 e. The fourth-order valence-electron chi connectivity index (χ4n) is 2.55. The molecule has 6 heteroatoms. The van der Waals surface area contributed by atoms with E-state index in [1.54, 1.807) is 14.0 Å². The molecule has 1 aliphatic heterocycles. The fraction of sp³-hybridized carbons (Fsp3) is 0.444. The Balaban J connectivity index is 1.85. The second-order valence-corrected chi connectivity index (χ2v) is 5.74. The zero-order chi connectivity index (χ0) is 17.4. The summed E-state index contributed by atoms with van der Waals surface area (Å²) in [6.07, 6.45) is 3.30. The maximum Gasteiger partial charge on any atom is 0.323 e. The predicted octanol–water partition coefficient (Wildman–Crippen LogP) is 2.45. The highest BCUT2D eigenvalue weighted by molar-refractivity contribution is 5.78. The van der Waals surface area contributed by atoms with E-state index in [1.807, 2.05) is 30.3 Å². The molecule has 0 spiro atoms. The Labute approximate surface area is 142 Å².